The van der Waals surface area contributed by atoms with Crippen LogP contribution in [0, 0.1) is 23.1 Å². The molecule has 11 heteroatoms. The Morgan fingerprint density at radius 1 is 1.18 bits per heavy atom. The van der Waals surface area contributed by atoms with Gasteiger partial charge in [-0.25, -0.2) is 9.37 Å². The molecule has 3 N–H and O–H groups in total. The Balaban J connectivity index is 1.13. The van der Waals surface area contributed by atoms with Crippen molar-refractivity contribution in [2.45, 2.75) is 32.9 Å². The van der Waals surface area contributed by atoms with E-state index in [9.17, 15) is 23.6 Å². The normalized spacial score (nSPS) is 21.7. The zero-order valence-electron chi connectivity index (χ0n) is 22.2. The van der Waals surface area contributed by atoms with Crippen LogP contribution in [0.15, 0.2) is 48.5 Å². The number of Topliss-reactive ketones (excluding diaryl/α,β-unsaturated/α-hetero) is 1. The van der Waals surface area contributed by atoms with Gasteiger partial charge in [-0.1, -0.05) is 32.0 Å². The van der Waals surface area contributed by atoms with E-state index in [2.05, 4.69) is 34.4 Å². The largest absolute Gasteiger partial charge is 0.350 e. The summed E-state index contributed by atoms with van der Waals surface area (Å²) in [5.74, 6) is -1.99. The lowest BCUT2D eigenvalue weighted by atomic mass is 10.00. The second-order valence-corrected chi connectivity index (χ2v) is 12.1. The molecule has 2 aromatic carbocycles. The molecule has 0 unspecified atom stereocenters. The molecule has 0 bridgehead atoms. The zero-order chi connectivity index (χ0) is 28.3. The number of aromatic nitrogens is 2. The number of likely N-dealkylation sites (tertiary alicyclic amines) is 1. The average Bonchev–Trinajstić information content (AvgIpc) is 3.46. The van der Waals surface area contributed by atoms with E-state index in [4.69, 9.17) is 0 Å². The summed E-state index contributed by atoms with van der Waals surface area (Å²) in [5.41, 5.74) is 1.22. The number of halogens is 1. The smallest absolute Gasteiger partial charge is 0.268 e. The molecule has 1 saturated heterocycles. The number of aromatic amines is 1. The molecule has 6 rings (SSSR count). The van der Waals surface area contributed by atoms with Gasteiger partial charge in [0.2, 0.25) is 17.6 Å². The summed E-state index contributed by atoms with van der Waals surface area (Å²) in [5, 5.41) is 6.00. The Hall–Kier alpha value is -4.12. The third-order valence-corrected chi connectivity index (χ3v) is 9.36. The van der Waals surface area contributed by atoms with E-state index in [-0.39, 0.29) is 40.7 Å². The fourth-order valence-electron chi connectivity index (χ4n) is 5.96. The number of para-hydroxylation sites is 1. The van der Waals surface area contributed by atoms with Crippen LogP contribution in [0.25, 0.3) is 21.1 Å². The highest BCUT2D eigenvalue weighted by Gasteiger charge is 2.69. The van der Waals surface area contributed by atoms with Crippen molar-refractivity contribution in [1.29, 1.82) is 0 Å². The summed E-state index contributed by atoms with van der Waals surface area (Å²) in [7, 11) is 0. The third kappa shape index (κ3) is 4.34. The van der Waals surface area contributed by atoms with Gasteiger partial charge in [-0.05, 0) is 54.5 Å². The molecule has 206 valence electrons. The Labute approximate surface area is 233 Å². The zero-order valence-corrected chi connectivity index (χ0v) is 23.0. The number of fused-ring (bicyclic) bond motifs is 3. The maximum absolute atomic E-state index is 14.0. The van der Waals surface area contributed by atoms with Crippen molar-refractivity contribution in [1.82, 2.24) is 25.5 Å². The Morgan fingerprint density at radius 3 is 2.70 bits per heavy atom. The fourth-order valence-corrected chi connectivity index (χ4v) is 6.96. The summed E-state index contributed by atoms with van der Waals surface area (Å²) in [6.45, 7) is 5.82. The van der Waals surface area contributed by atoms with Crippen LogP contribution in [0.3, 0.4) is 0 Å². The van der Waals surface area contributed by atoms with E-state index in [0.29, 0.717) is 17.1 Å². The van der Waals surface area contributed by atoms with E-state index in [1.165, 1.54) is 34.4 Å². The maximum atomic E-state index is 14.0. The Morgan fingerprint density at radius 2 is 1.95 bits per heavy atom. The first kappa shape index (κ1) is 26.1. The van der Waals surface area contributed by atoms with Gasteiger partial charge in [0.25, 0.3) is 5.91 Å². The maximum Gasteiger partial charge on any atom is 0.268 e. The summed E-state index contributed by atoms with van der Waals surface area (Å²) >= 11 is 1.28. The number of piperidine rings is 1. The number of H-pyrrole nitrogens is 1. The number of nitrogens with one attached hydrogen (secondary N) is 3. The lowest BCUT2D eigenvalue weighted by molar-refractivity contribution is -0.139. The Bertz CT molecular complexity index is 1660. The molecule has 2 fully saturated rings. The number of hydrogen-bond acceptors (Lipinski definition) is 6. The third-order valence-electron chi connectivity index (χ3n) is 8.31. The number of hydrogen-bond donors (Lipinski definition) is 3. The number of ketones is 1. The monoisotopic (exact) mass is 561 g/mol. The van der Waals surface area contributed by atoms with Gasteiger partial charge in [-0.3, -0.25) is 19.2 Å². The van der Waals surface area contributed by atoms with Crippen LogP contribution in [-0.2, 0) is 9.59 Å². The van der Waals surface area contributed by atoms with Crippen LogP contribution >= 0.6 is 11.3 Å². The second kappa shape index (κ2) is 9.51. The number of carbonyl (C=O) groups is 4. The van der Waals surface area contributed by atoms with Crippen molar-refractivity contribution in [2.75, 3.05) is 13.1 Å². The Kier molecular flexibility index (Phi) is 6.21. The first-order valence-electron chi connectivity index (χ1n) is 13.1. The topological polar surface area (TPSA) is 124 Å². The number of amides is 3. The quantitative estimate of drug-likeness (QED) is 0.298. The second-order valence-electron chi connectivity index (χ2n) is 11.1. The molecule has 2 aromatic heterocycles. The predicted octanol–water partition coefficient (Wildman–Crippen LogP) is 3.52. The van der Waals surface area contributed by atoms with Gasteiger partial charge in [-0.2, -0.15) is 0 Å². The lowest BCUT2D eigenvalue weighted by Gasteiger charge is -2.30. The molecule has 9 nitrogen and oxygen atoms in total. The lowest BCUT2D eigenvalue weighted by Crippen LogP contribution is -2.54. The molecule has 40 heavy (non-hydrogen) atoms. The highest BCUT2D eigenvalue weighted by molar-refractivity contribution is 7.20. The van der Waals surface area contributed by atoms with Crippen LogP contribution in [0.4, 0.5) is 4.39 Å². The number of nitrogens with zero attached hydrogens (tertiary/aromatic N) is 2. The first-order chi connectivity index (χ1) is 19.1. The minimum absolute atomic E-state index is 0.0476. The summed E-state index contributed by atoms with van der Waals surface area (Å²) in [4.78, 5) is 61.2. The molecule has 2 aliphatic rings. The van der Waals surface area contributed by atoms with Gasteiger partial charge in [0.05, 0.1) is 22.8 Å². The van der Waals surface area contributed by atoms with Crippen LogP contribution in [0.5, 0.6) is 0 Å². The molecular weight excluding hydrogens is 533 g/mol. The van der Waals surface area contributed by atoms with Gasteiger partial charge in [0.1, 0.15) is 17.6 Å². The first-order valence-corrected chi connectivity index (χ1v) is 13.9. The minimum Gasteiger partial charge on any atom is -0.350 e. The van der Waals surface area contributed by atoms with Crippen molar-refractivity contribution in [3.05, 3.63) is 65.0 Å². The van der Waals surface area contributed by atoms with Gasteiger partial charge in [0, 0.05) is 17.4 Å². The molecule has 0 radical (unpaired) electrons. The highest BCUT2D eigenvalue weighted by atomic mass is 32.1. The van der Waals surface area contributed by atoms with E-state index in [1.54, 1.807) is 13.0 Å². The summed E-state index contributed by atoms with van der Waals surface area (Å²) in [6.07, 6.45) is 0. The molecule has 3 amide bonds. The van der Waals surface area contributed by atoms with Crippen LogP contribution in [0.2, 0.25) is 0 Å². The minimum atomic E-state index is -0.826. The predicted molar refractivity (Wildman–Crippen MR) is 148 cm³/mol. The van der Waals surface area contributed by atoms with Crippen molar-refractivity contribution < 1.29 is 23.6 Å². The summed E-state index contributed by atoms with van der Waals surface area (Å²) in [6, 6.07) is 11.8. The molecule has 3 heterocycles. The van der Waals surface area contributed by atoms with Crippen molar-refractivity contribution in [2.24, 2.45) is 17.3 Å². The molecule has 1 aliphatic heterocycles. The SMILES string of the molecule is C[C@H](NC(=O)[C@@H]1[C@@H]2[C@H](CN1C(=O)CNC(=O)c1cc3c(F)cccc3[nH]1)C2(C)C)C(=O)c1nc2ccccc2s1. The number of carbonyl (C=O) groups excluding carboxylic acids is 4. The van der Waals surface area contributed by atoms with Gasteiger partial charge < -0.3 is 20.5 Å². The van der Waals surface area contributed by atoms with Gasteiger partial charge >= 0.3 is 0 Å². The van der Waals surface area contributed by atoms with Crippen LogP contribution in [-0.4, -0.2) is 63.5 Å². The molecule has 0 spiro atoms. The number of benzene rings is 2. The van der Waals surface area contributed by atoms with Crippen molar-refractivity contribution in [3.8, 4) is 0 Å². The molecule has 4 aromatic rings. The number of rotatable bonds is 7. The molecule has 4 atom stereocenters. The fraction of sp³-hybridized carbons (Fsp3) is 0.345. The summed E-state index contributed by atoms with van der Waals surface area (Å²) < 4.78 is 14.9. The van der Waals surface area contributed by atoms with E-state index in [0.717, 1.165) is 10.2 Å². The average molecular weight is 562 g/mol. The molecule has 1 saturated carbocycles. The molecular formula is C29H28FN5O4S. The van der Waals surface area contributed by atoms with Crippen LogP contribution < -0.4 is 10.6 Å². The molecule has 1 aliphatic carbocycles. The highest BCUT2D eigenvalue weighted by Crippen LogP contribution is 2.64. The van der Waals surface area contributed by atoms with Crippen molar-refractivity contribution in [3.63, 3.8) is 0 Å². The van der Waals surface area contributed by atoms with E-state index < -0.39 is 35.6 Å². The van der Waals surface area contributed by atoms with E-state index in [1.807, 2.05) is 24.3 Å². The number of thiazole rings is 1. The van der Waals surface area contributed by atoms with Gasteiger partial charge in [0.15, 0.2) is 5.01 Å². The van der Waals surface area contributed by atoms with E-state index >= 15 is 0 Å². The standard InChI is InChI=1S/C29H28FN5O4S/c1-14(25(37)28-34-19-8-4-5-10-21(19)40-28)32-27(39)24-23-16(29(23,2)3)13-35(24)22(36)12-31-26(38)20-11-15-17(30)7-6-9-18(15)33-20/h4-11,14,16,23-24,33H,12-13H2,1-3H3,(H,31,38)(H,32,39)/t14-,16-,23-,24-/m0/s1. The van der Waals surface area contributed by atoms with Gasteiger partial charge in [-0.15, -0.1) is 11.3 Å². The van der Waals surface area contributed by atoms with Crippen LogP contribution in [0.1, 0.15) is 41.1 Å². The van der Waals surface area contributed by atoms with Crippen molar-refractivity contribution >= 4 is 56.0 Å².